The molecule has 0 aliphatic rings. The van der Waals surface area contributed by atoms with Crippen molar-refractivity contribution in [3.05, 3.63) is 36.5 Å². The molecule has 2 aromatic rings. The highest BCUT2D eigenvalue weighted by Gasteiger charge is 2.07. The van der Waals surface area contributed by atoms with E-state index in [-0.39, 0.29) is 5.91 Å². The Morgan fingerprint density at radius 3 is 3.05 bits per heavy atom. The predicted molar refractivity (Wildman–Crippen MR) is 70.0 cm³/mol. The van der Waals surface area contributed by atoms with Crippen LogP contribution in [-0.2, 0) is 0 Å². The maximum Gasteiger partial charge on any atom is 0.251 e. The zero-order valence-electron chi connectivity index (χ0n) is 10.7. The van der Waals surface area contributed by atoms with Crippen LogP contribution >= 0.6 is 0 Å². The number of aromatic nitrogens is 4. The number of pyridine rings is 1. The molecule has 7 nitrogen and oxygen atoms in total. The van der Waals surface area contributed by atoms with E-state index in [4.69, 9.17) is 0 Å². The number of likely N-dealkylation sites (N-methyl/N-ethyl adjacent to an activating group) is 1. The highest BCUT2D eigenvalue weighted by Crippen LogP contribution is 2.05. The van der Waals surface area contributed by atoms with Gasteiger partial charge in [0.05, 0.1) is 0 Å². The van der Waals surface area contributed by atoms with Crippen LogP contribution in [0.25, 0.3) is 5.82 Å². The molecule has 0 fully saturated rings. The van der Waals surface area contributed by atoms with Crippen LogP contribution in [0, 0.1) is 0 Å². The third-order valence-corrected chi connectivity index (χ3v) is 2.50. The fourth-order valence-electron chi connectivity index (χ4n) is 1.55. The van der Waals surface area contributed by atoms with E-state index in [0.29, 0.717) is 17.9 Å². The number of nitrogens with zero attached hydrogens (tertiary/aromatic N) is 4. The average Bonchev–Trinajstić information content (AvgIpc) is 2.98. The molecule has 1 amide bonds. The minimum atomic E-state index is -0.123. The van der Waals surface area contributed by atoms with Crippen molar-refractivity contribution in [2.45, 2.75) is 6.92 Å². The van der Waals surface area contributed by atoms with E-state index in [9.17, 15) is 4.79 Å². The van der Waals surface area contributed by atoms with Crippen LogP contribution in [-0.4, -0.2) is 45.3 Å². The van der Waals surface area contributed by atoms with Crippen LogP contribution in [0.15, 0.2) is 31.0 Å². The van der Waals surface area contributed by atoms with Crippen molar-refractivity contribution >= 4 is 5.91 Å². The molecule has 0 unspecified atom stereocenters. The Balaban J connectivity index is 2.00. The van der Waals surface area contributed by atoms with Gasteiger partial charge in [-0.15, -0.1) is 0 Å². The topological polar surface area (TPSA) is 84.7 Å². The van der Waals surface area contributed by atoms with Crippen LogP contribution in [0.2, 0.25) is 0 Å². The quantitative estimate of drug-likeness (QED) is 0.714. The van der Waals surface area contributed by atoms with Gasteiger partial charge in [-0.1, -0.05) is 6.92 Å². The van der Waals surface area contributed by atoms with Gasteiger partial charge in [-0.2, -0.15) is 5.10 Å². The summed E-state index contributed by atoms with van der Waals surface area (Å²) in [5, 5.41) is 9.95. The second kappa shape index (κ2) is 6.60. The molecule has 0 atom stereocenters. The van der Waals surface area contributed by atoms with Crippen molar-refractivity contribution in [3.63, 3.8) is 0 Å². The molecule has 0 aliphatic carbocycles. The van der Waals surface area contributed by atoms with Gasteiger partial charge in [0.1, 0.15) is 12.7 Å². The first-order valence-electron chi connectivity index (χ1n) is 6.11. The largest absolute Gasteiger partial charge is 0.351 e. The van der Waals surface area contributed by atoms with Crippen LogP contribution in [0.4, 0.5) is 0 Å². The minimum Gasteiger partial charge on any atom is -0.351 e. The zero-order valence-corrected chi connectivity index (χ0v) is 10.7. The van der Waals surface area contributed by atoms with E-state index in [2.05, 4.69) is 25.7 Å². The summed E-state index contributed by atoms with van der Waals surface area (Å²) in [7, 11) is 0. The van der Waals surface area contributed by atoms with Gasteiger partial charge in [-0.3, -0.25) is 4.79 Å². The number of carbonyl (C=O) groups excluding carboxylic acids is 1. The number of nitrogens with one attached hydrogen (secondary N) is 2. The van der Waals surface area contributed by atoms with E-state index < -0.39 is 0 Å². The lowest BCUT2D eigenvalue weighted by atomic mass is 10.2. The first kappa shape index (κ1) is 13.2. The van der Waals surface area contributed by atoms with Gasteiger partial charge >= 0.3 is 0 Å². The number of carbonyl (C=O) groups is 1. The Kier molecular flexibility index (Phi) is 4.57. The molecular formula is C12H16N6O. The van der Waals surface area contributed by atoms with Crippen LogP contribution < -0.4 is 10.6 Å². The Morgan fingerprint density at radius 2 is 2.32 bits per heavy atom. The molecule has 0 saturated heterocycles. The molecule has 0 radical (unpaired) electrons. The first-order valence-corrected chi connectivity index (χ1v) is 6.11. The standard InChI is InChI=1S/C12H16N6O/c1-2-13-5-6-16-12(19)10-3-4-15-11(7-10)18-9-14-8-17-18/h3-4,7-9,13H,2,5-6H2,1H3,(H,16,19). The highest BCUT2D eigenvalue weighted by atomic mass is 16.1. The van der Waals surface area contributed by atoms with Crippen LogP contribution in [0.5, 0.6) is 0 Å². The normalized spacial score (nSPS) is 10.4. The molecule has 19 heavy (non-hydrogen) atoms. The number of hydrogen-bond acceptors (Lipinski definition) is 5. The number of rotatable bonds is 6. The van der Waals surface area contributed by atoms with Crippen molar-refractivity contribution in [2.75, 3.05) is 19.6 Å². The summed E-state index contributed by atoms with van der Waals surface area (Å²) in [5.41, 5.74) is 0.553. The first-order chi connectivity index (χ1) is 9.31. The minimum absolute atomic E-state index is 0.123. The van der Waals surface area contributed by atoms with E-state index >= 15 is 0 Å². The van der Waals surface area contributed by atoms with Crippen LogP contribution in [0.3, 0.4) is 0 Å². The van der Waals surface area contributed by atoms with E-state index in [1.54, 1.807) is 18.3 Å². The Hall–Kier alpha value is -2.28. The summed E-state index contributed by atoms with van der Waals surface area (Å²) in [6, 6.07) is 3.35. The maximum atomic E-state index is 11.9. The fourth-order valence-corrected chi connectivity index (χ4v) is 1.55. The molecular weight excluding hydrogens is 244 g/mol. The summed E-state index contributed by atoms with van der Waals surface area (Å²) in [5.74, 6) is 0.443. The molecule has 100 valence electrons. The lowest BCUT2D eigenvalue weighted by Crippen LogP contribution is -2.31. The second-order valence-corrected chi connectivity index (χ2v) is 3.85. The van der Waals surface area contributed by atoms with E-state index in [0.717, 1.165) is 13.1 Å². The molecule has 0 aliphatic heterocycles. The van der Waals surface area contributed by atoms with Crippen molar-refractivity contribution in [1.82, 2.24) is 30.4 Å². The summed E-state index contributed by atoms with van der Waals surface area (Å²) < 4.78 is 1.51. The molecule has 0 aromatic carbocycles. The highest BCUT2D eigenvalue weighted by molar-refractivity contribution is 5.94. The summed E-state index contributed by atoms with van der Waals surface area (Å²) in [6.45, 7) is 4.26. The van der Waals surface area contributed by atoms with Crippen LogP contribution in [0.1, 0.15) is 17.3 Å². The molecule has 0 bridgehead atoms. The number of amides is 1. The van der Waals surface area contributed by atoms with Gasteiger partial charge in [-0.25, -0.2) is 14.6 Å². The van der Waals surface area contributed by atoms with E-state index in [1.165, 1.54) is 17.3 Å². The summed E-state index contributed by atoms with van der Waals surface area (Å²) in [4.78, 5) is 19.9. The molecule has 0 saturated carbocycles. The van der Waals surface area contributed by atoms with Crippen molar-refractivity contribution < 1.29 is 4.79 Å². The van der Waals surface area contributed by atoms with Gasteiger partial charge in [0.15, 0.2) is 5.82 Å². The van der Waals surface area contributed by atoms with Gasteiger partial charge < -0.3 is 10.6 Å². The Bertz CT molecular complexity index is 525. The third-order valence-electron chi connectivity index (χ3n) is 2.50. The monoisotopic (exact) mass is 260 g/mol. The second-order valence-electron chi connectivity index (χ2n) is 3.85. The summed E-state index contributed by atoms with van der Waals surface area (Å²) >= 11 is 0. The molecule has 2 heterocycles. The molecule has 7 heteroatoms. The van der Waals surface area contributed by atoms with E-state index in [1.807, 2.05) is 6.92 Å². The van der Waals surface area contributed by atoms with Gasteiger partial charge in [0.25, 0.3) is 5.91 Å². The Morgan fingerprint density at radius 1 is 1.42 bits per heavy atom. The lowest BCUT2D eigenvalue weighted by molar-refractivity contribution is 0.0954. The molecule has 2 rings (SSSR count). The lowest BCUT2D eigenvalue weighted by Gasteiger charge is -2.06. The molecule has 0 spiro atoms. The zero-order chi connectivity index (χ0) is 13.5. The van der Waals surface area contributed by atoms with Gasteiger partial charge in [-0.05, 0) is 18.7 Å². The predicted octanol–water partition coefficient (Wildman–Crippen LogP) is 0.00160. The molecule has 2 aromatic heterocycles. The maximum absolute atomic E-state index is 11.9. The number of hydrogen-bond donors (Lipinski definition) is 2. The fraction of sp³-hybridized carbons (Fsp3) is 0.333. The smallest absolute Gasteiger partial charge is 0.251 e. The average molecular weight is 260 g/mol. The van der Waals surface area contributed by atoms with Gasteiger partial charge in [0, 0.05) is 24.8 Å². The molecule has 2 N–H and O–H groups in total. The van der Waals surface area contributed by atoms with Crippen molar-refractivity contribution in [2.24, 2.45) is 0 Å². The van der Waals surface area contributed by atoms with Crippen molar-refractivity contribution in [3.8, 4) is 5.82 Å². The van der Waals surface area contributed by atoms with Crippen molar-refractivity contribution in [1.29, 1.82) is 0 Å². The summed E-state index contributed by atoms with van der Waals surface area (Å²) in [6.07, 6.45) is 4.54. The van der Waals surface area contributed by atoms with Gasteiger partial charge in [0.2, 0.25) is 0 Å². The SMILES string of the molecule is CCNCCNC(=O)c1ccnc(-n2cncn2)c1. The third kappa shape index (κ3) is 3.59. The Labute approximate surface area is 111 Å².